The lowest BCUT2D eigenvalue weighted by atomic mass is 10.1. The Morgan fingerprint density at radius 2 is 1.57 bits per heavy atom. The largest absolute Gasteiger partial charge is 0.507 e. The molecule has 0 aliphatic heterocycles. The number of pyridine rings is 1. The molecule has 0 radical (unpaired) electrons. The summed E-state index contributed by atoms with van der Waals surface area (Å²) in [6, 6.07) is 14.6. The molecule has 0 aliphatic rings. The standard InChI is InChI=1S/C23H27N3O2/c1-2-3-4-5-6-9-16-28-23-15-12-18(17-24-23)20-13-14-21(26-25-20)19-10-7-8-11-22(19)27/h7-8,10-15,17,27H,2-6,9,16H2,1H3. The number of hydrogen-bond acceptors (Lipinski definition) is 5. The zero-order chi connectivity index (χ0) is 19.6. The molecule has 0 saturated heterocycles. The summed E-state index contributed by atoms with van der Waals surface area (Å²) in [7, 11) is 0. The van der Waals surface area contributed by atoms with Crippen LogP contribution in [0.3, 0.4) is 0 Å². The quantitative estimate of drug-likeness (QED) is 0.462. The van der Waals surface area contributed by atoms with Gasteiger partial charge in [0.2, 0.25) is 5.88 Å². The van der Waals surface area contributed by atoms with Crippen molar-refractivity contribution in [2.45, 2.75) is 45.4 Å². The Labute approximate surface area is 166 Å². The van der Waals surface area contributed by atoms with Crippen molar-refractivity contribution in [1.82, 2.24) is 15.2 Å². The van der Waals surface area contributed by atoms with Gasteiger partial charge in [-0.25, -0.2) is 4.98 Å². The van der Waals surface area contributed by atoms with Crippen LogP contribution in [0.4, 0.5) is 0 Å². The molecular formula is C23H27N3O2. The van der Waals surface area contributed by atoms with Gasteiger partial charge >= 0.3 is 0 Å². The average molecular weight is 377 g/mol. The van der Waals surface area contributed by atoms with Gasteiger partial charge in [0.25, 0.3) is 0 Å². The maximum absolute atomic E-state index is 9.93. The van der Waals surface area contributed by atoms with Gasteiger partial charge in [-0.2, -0.15) is 0 Å². The first kappa shape index (κ1) is 19.8. The van der Waals surface area contributed by atoms with Gasteiger partial charge in [0.15, 0.2) is 0 Å². The highest BCUT2D eigenvalue weighted by atomic mass is 16.5. The fourth-order valence-corrected chi connectivity index (χ4v) is 3.00. The lowest BCUT2D eigenvalue weighted by Gasteiger charge is -2.07. The Morgan fingerprint density at radius 1 is 0.821 bits per heavy atom. The summed E-state index contributed by atoms with van der Waals surface area (Å²) < 4.78 is 5.72. The van der Waals surface area contributed by atoms with Gasteiger partial charge < -0.3 is 9.84 Å². The minimum atomic E-state index is 0.193. The number of unbranched alkanes of at least 4 members (excludes halogenated alkanes) is 5. The second-order valence-corrected chi connectivity index (χ2v) is 6.82. The first-order chi connectivity index (χ1) is 13.8. The van der Waals surface area contributed by atoms with Crippen molar-refractivity contribution < 1.29 is 9.84 Å². The number of benzene rings is 1. The van der Waals surface area contributed by atoms with Gasteiger partial charge in [0.1, 0.15) is 5.75 Å². The van der Waals surface area contributed by atoms with Crippen molar-refractivity contribution in [3.8, 4) is 34.1 Å². The molecule has 28 heavy (non-hydrogen) atoms. The maximum atomic E-state index is 9.93. The van der Waals surface area contributed by atoms with Crippen LogP contribution in [0.1, 0.15) is 45.4 Å². The summed E-state index contributed by atoms with van der Waals surface area (Å²) in [5, 5.41) is 18.4. The van der Waals surface area contributed by atoms with Crippen molar-refractivity contribution in [2.75, 3.05) is 6.61 Å². The third-order valence-electron chi connectivity index (χ3n) is 4.62. The lowest BCUT2D eigenvalue weighted by Crippen LogP contribution is -1.99. The molecule has 0 spiro atoms. The number of aromatic hydroxyl groups is 1. The molecular weight excluding hydrogens is 350 g/mol. The summed E-state index contributed by atoms with van der Waals surface area (Å²) in [6.07, 6.45) is 9.20. The van der Waals surface area contributed by atoms with E-state index in [4.69, 9.17) is 4.74 Å². The van der Waals surface area contributed by atoms with Crippen LogP contribution in [0.2, 0.25) is 0 Å². The Hall–Kier alpha value is -2.95. The molecule has 0 amide bonds. The molecule has 0 aliphatic carbocycles. The number of rotatable bonds is 10. The number of nitrogens with zero attached hydrogens (tertiary/aromatic N) is 3. The minimum absolute atomic E-state index is 0.193. The van der Waals surface area contributed by atoms with Crippen molar-refractivity contribution in [1.29, 1.82) is 0 Å². The van der Waals surface area contributed by atoms with Crippen LogP contribution < -0.4 is 4.74 Å². The van der Waals surface area contributed by atoms with Crippen LogP contribution in [0.5, 0.6) is 11.6 Å². The Balaban J connectivity index is 1.53. The molecule has 0 bridgehead atoms. The summed E-state index contributed by atoms with van der Waals surface area (Å²) >= 11 is 0. The van der Waals surface area contributed by atoms with E-state index in [1.165, 1.54) is 32.1 Å². The van der Waals surface area contributed by atoms with E-state index >= 15 is 0 Å². The van der Waals surface area contributed by atoms with E-state index in [0.29, 0.717) is 23.7 Å². The maximum Gasteiger partial charge on any atom is 0.213 e. The Bertz CT molecular complexity index is 848. The van der Waals surface area contributed by atoms with E-state index in [1.807, 2.05) is 36.4 Å². The smallest absolute Gasteiger partial charge is 0.213 e. The van der Waals surface area contributed by atoms with Crippen LogP contribution in [-0.4, -0.2) is 26.9 Å². The Kier molecular flexibility index (Phi) is 7.36. The fourth-order valence-electron chi connectivity index (χ4n) is 3.00. The van der Waals surface area contributed by atoms with Crippen molar-refractivity contribution in [2.24, 2.45) is 0 Å². The highest BCUT2D eigenvalue weighted by molar-refractivity contribution is 5.68. The molecule has 5 heteroatoms. The molecule has 0 atom stereocenters. The van der Waals surface area contributed by atoms with Gasteiger partial charge in [-0.05, 0) is 36.8 Å². The second kappa shape index (κ2) is 10.4. The van der Waals surface area contributed by atoms with E-state index in [-0.39, 0.29) is 5.75 Å². The van der Waals surface area contributed by atoms with Crippen LogP contribution >= 0.6 is 0 Å². The first-order valence-electron chi connectivity index (χ1n) is 9.99. The van der Waals surface area contributed by atoms with E-state index in [0.717, 1.165) is 17.7 Å². The van der Waals surface area contributed by atoms with Gasteiger partial charge in [-0.3, -0.25) is 0 Å². The normalized spacial score (nSPS) is 10.8. The zero-order valence-electron chi connectivity index (χ0n) is 16.3. The number of para-hydroxylation sites is 1. The third kappa shape index (κ3) is 5.52. The monoisotopic (exact) mass is 377 g/mol. The molecule has 146 valence electrons. The summed E-state index contributed by atoms with van der Waals surface area (Å²) in [6.45, 7) is 2.93. The van der Waals surface area contributed by atoms with Crippen LogP contribution in [0.25, 0.3) is 22.5 Å². The highest BCUT2D eigenvalue weighted by Crippen LogP contribution is 2.27. The molecule has 3 aromatic rings. The number of ether oxygens (including phenoxy) is 1. The molecule has 2 aromatic heterocycles. The number of aromatic nitrogens is 3. The van der Waals surface area contributed by atoms with Gasteiger partial charge in [0, 0.05) is 23.4 Å². The molecule has 0 saturated carbocycles. The van der Waals surface area contributed by atoms with Crippen LogP contribution in [0.15, 0.2) is 54.7 Å². The van der Waals surface area contributed by atoms with Gasteiger partial charge in [-0.1, -0.05) is 51.2 Å². The van der Waals surface area contributed by atoms with Crippen LogP contribution in [0, 0.1) is 0 Å². The van der Waals surface area contributed by atoms with Gasteiger partial charge in [-0.15, -0.1) is 10.2 Å². The summed E-state index contributed by atoms with van der Waals surface area (Å²) in [5.74, 6) is 0.828. The van der Waals surface area contributed by atoms with Crippen molar-refractivity contribution in [3.05, 3.63) is 54.7 Å². The lowest BCUT2D eigenvalue weighted by molar-refractivity contribution is 0.293. The van der Waals surface area contributed by atoms with Crippen LogP contribution in [-0.2, 0) is 0 Å². The zero-order valence-corrected chi connectivity index (χ0v) is 16.3. The molecule has 0 unspecified atom stereocenters. The molecule has 2 heterocycles. The number of phenols is 1. The predicted molar refractivity (Wildman–Crippen MR) is 111 cm³/mol. The number of hydrogen-bond donors (Lipinski definition) is 1. The first-order valence-corrected chi connectivity index (χ1v) is 9.99. The Morgan fingerprint density at radius 3 is 2.29 bits per heavy atom. The molecule has 1 N–H and O–H groups in total. The van der Waals surface area contributed by atoms with Crippen molar-refractivity contribution >= 4 is 0 Å². The van der Waals surface area contributed by atoms with E-state index < -0.39 is 0 Å². The topological polar surface area (TPSA) is 68.1 Å². The summed E-state index contributed by atoms with van der Waals surface area (Å²) in [5.41, 5.74) is 2.91. The average Bonchev–Trinajstić information content (AvgIpc) is 2.74. The van der Waals surface area contributed by atoms with E-state index in [1.54, 1.807) is 18.3 Å². The molecule has 5 nitrogen and oxygen atoms in total. The molecule has 0 fully saturated rings. The predicted octanol–water partition coefficient (Wildman–Crippen LogP) is 5.65. The SMILES string of the molecule is CCCCCCCCOc1ccc(-c2ccc(-c3ccccc3O)nn2)cn1. The highest BCUT2D eigenvalue weighted by Gasteiger charge is 2.07. The number of phenolic OH excluding ortho intramolecular Hbond substituents is 1. The molecule has 3 rings (SSSR count). The second-order valence-electron chi connectivity index (χ2n) is 6.82. The molecule has 1 aromatic carbocycles. The van der Waals surface area contributed by atoms with E-state index in [2.05, 4.69) is 22.1 Å². The summed E-state index contributed by atoms with van der Waals surface area (Å²) in [4.78, 5) is 4.37. The minimum Gasteiger partial charge on any atom is -0.507 e. The van der Waals surface area contributed by atoms with Gasteiger partial charge in [0.05, 0.1) is 18.0 Å². The third-order valence-corrected chi connectivity index (χ3v) is 4.62. The van der Waals surface area contributed by atoms with Crippen molar-refractivity contribution in [3.63, 3.8) is 0 Å². The van der Waals surface area contributed by atoms with E-state index in [9.17, 15) is 5.11 Å². The fraction of sp³-hybridized carbons (Fsp3) is 0.348.